The van der Waals surface area contributed by atoms with Crippen molar-refractivity contribution in [2.75, 3.05) is 6.61 Å². The molecular formula is C16H14N4O3. The van der Waals surface area contributed by atoms with Gasteiger partial charge in [-0.05, 0) is 31.2 Å². The molecule has 3 rings (SSSR count). The second kappa shape index (κ2) is 6.27. The summed E-state index contributed by atoms with van der Waals surface area (Å²) in [5.74, 6) is 0.0957. The molecule has 0 radical (unpaired) electrons. The van der Waals surface area contributed by atoms with E-state index in [1.54, 1.807) is 37.4 Å². The van der Waals surface area contributed by atoms with E-state index in [4.69, 9.17) is 4.74 Å². The molecule has 3 aromatic rings. The van der Waals surface area contributed by atoms with E-state index in [1.807, 2.05) is 6.07 Å². The van der Waals surface area contributed by atoms with Crippen LogP contribution in [0.2, 0.25) is 0 Å². The number of hydrogen-bond donors (Lipinski definition) is 1. The van der Waals surface area contributed by atoms with E-state index in [0.717, 1.165) is 0 Å². The highest BCUT2D eigenvalue weighted by atomic mass is 16.5. The molecule has 0 fully saturated rings. The van der Waals surface area contributed by atoms with Crippen molar-refractivity contribution in [2.24, 2.45) is 0 Å². The van der Waals surface area contributed by atoms with Crippen molar-refractivity contribution in [1.29, 1.82) is 0 Å². The van der Waals surface area contributed by atoms with Crippen LogP contribution in [0.15, 0.2) is 48.8 Å². The van der Waals surface area contributed by atoms with Crippen LogP contribution in [0.5, 0.6) is 5.75 Å². The van der Waals surface area contributed by atoms with Gasteiger partial charge in [-0.15, -0.1) is 0 Å². The lowest BCUT2D eigenvalue weighted by atomic mass is 10.2. The predicted molar refractivity (Wildman–Crippen MR) is 82.2 cm³/mol. The number of esters is 1. The van der Waals surface area contributed by atoms with Crippen molar-refractivity contribution in [2.45, 2.75) is 6.92 Å². The average Bonchev–Trinajstić information content (AvgIpc) is 3.02. The fraction of sp³-hybridized carbons (Fsp3) is 0.125. The lowest BCUT2D eigenvalue weighted by Gasteiger charge is -2.05. The summed E-state index contributed by atoms with van der Waals surface area (Å²) in [5, 5.41) is 13.7. The third-order valence-electron chi connectivity index (χ3n) is 3.07. The molecule has 0 unspecified atom stereocenters. The Balaban J connectivity index is 2.12. The molecule has 1 N–H and O–H groups in total. The number of hydrogen-bond acceptors (Lipinski definition) is 6. The number of carbonyl (C=O) groups excluding carboxylic acids is 1. The first-order chi connectivity index (χ1) is 11.2. The van der Waals surface area contributed by atoms with Crippen molar-refractivity contribution in [3.63, 3.8) is 0 Å². The van der Waals surface area contributed by atoms with Gasteiger partial charge in [-0.3, -0.25) is 4.98 Å². The lowest BCUT2D eigenvalue weighted by molar-refractivity contribution is 0.0519. The predicted octanol–water partition coefficient (Wildman–Crippen LogP) is 2.21. The molecule has 7 nitrogen and oxygen atoms in total. The molecule has 0 aromatic carbocycles. The Kier molecular flexibility index (Phi) is 4.01. The van der Waals surface area contributed by atoms with E-state index in [2.05, 4.69) is 15.1 Å². The maximum Gasteiger partial charge on any atom is 0.358 e. The molecule has 0 spiro atoms. The van der Waals surface area contributed by atoms with Gasteiger partial charge in [0.05, 0.1) is 24.2 Å². The van der Waals surface area contributed by atoms with E-state index in [9.17, 15) is 9.90 Å². The maximum absolute atomic E-state index is 11.9. The Bertz CT molecular complexity index is 813. The van der Waals surface area contributed by atoms with Crippen LogP contribution >= 0.6 is 0 Å². The fourth-order valence-electron chi connectivity index (χ4n) is 2.06. The van der Waals surface area contributed by atoms with Gasteiger partial charge >= 0.3 is 5.97 Å². The Hall–Kier alpha value is -3.22. The Morgan fingerprint density at radius 1 is 1.26 bits per heavy atom. The van der Waals surface area contributed by atoms with Crippen LogP contribution in [-0.2, 0) is 4.74 Å². The Labute approximate surface area is 132 Å². The minimum atomic E-state index is -0.512. The first-order valence-corrected chi connectivity index (χ1v) is 7.03. The van der Waals surface area contributed by atoms with Gasteiger partial charge in [0.15, 0.2) is 11.5 Å². The number of aromatic nitrogens is 4. The lowest BCUT2D eigenvalue weighted by Crippen LogP contribution is -2.07. The molecule has 0 saturated heterocycles. The van der Waals surface area contributed by atoms with Gasteiger partial charge in [-0.25, -0.2) is 14.5 Å². The second-order valence-electron chi connectivity index (χ2n) is 4.64. The molecular weight excluding hydrogens is 296 g/mol. The van der Waals surface area contributed by atoms with E-state index >= 15 is 0 Å². The molecule has 3 heterocycles. The smallest absolute Gasteiger partial charge is 0.358 e. The quantitative estimate of drug-likeness (QED) is 0.743. The molecule has 0 amide bonds. The number of ether oxygens (including phenoxy) is 1. The highest BCUT2D eigenvalue weighted by Gasteiger charge is 2.18. The number of rotatable bonds is 4. The fourth-order valence-corrected chi connectivity index (χ4v) is 2.06. The molecule has 116 valence electrons. The number of aromatic hydroxyl groups is 1. The summed E-state index contributed by atoms with van der Waals surface area (Å²) >= 11 is 0. The van der Waals surface area contributed by atoms with Crippen LogP contribution in [0.25, 0.3) is 17.2 Å². The number of pyridine rings is 2. The van der Waals surface area contributed by atoms with E-state index in [1.165, 1.54) is 16.9 Å². The zero-order valence-corrected chi connectivity index (χ0v) is 12.4. The van der Waals surface area contributed by atoms with Gasteiger partial charge < -0.3 is 9.84 Å². The molecule has 3 aromatic heterocycles. The molecule has 0 aliphatic heterocycles. The topological polar surface area (TPSA) is 90.1 Å². The zero-order chi connectivity index (χ0) is 16.2. The number of nitrogens with zero attached hydrogens (tertiary/aromatic N) is 4. The summed E-state index contributed by atoms with van der Waals surface area (Å²) in [7, 11) is 0. The van der Waals surface area contributed by atoms with Gasteiger partial charge in [-0.1, -0.05) is 6.07 Å². The molecule has 0 aliphatic carbocycles. The van der Waals surface area contributed by atoms with Crippen LogP contribution in [0.1, 0.15) is 17.4 Å². The van der Waals surface area contributed by atoms with Gasteiger partial charge in [0.25, 0.3) is 0 Å². The third kappa shape index (κ3) is 3.03. The summed E-state index contributed by atoms with van der Waals surface area (Å²) in [6.07, 6.45) is 2.96. The van der Waals surface area contributed by atoms with Crippen molar-refractivity contribution in [3.8, 4) is 23.0 Å². The molecule has 0 saturated carbocycles. The highest BCUT2D eigenvalue weighted by Crippen LogP contribution is 2.23. The first kappa shape index (κ1) is 14.7. The zero-order valence-electron chi connectivity index (χ0n) is 12.4. The molecule has 7 heteroatoms. The monoisotopic (exact) mass is 310 g/mol. The molecule has 0 aliphatic rings. The SMILES string of the molecule is CCOC(=O)c1cc(-c2ccc(O)cn2)n(-c2ccccn2)n1. The van der Waals surface area contributed by atoms with E-state index in [0.29, 0.717) is 17.2 Å². The minimum Gasteiger partial charge on any atom is -0.506 e. The largest absolute Gasteiger partial charge is 0.506 e. The second-order valence-corrected chi connectivity index (χ2v) is 4.64. The summed E-state index contributed by atoms with van der Waals surface area (Å²) in [5.41, 5.74) is 1.30. The van der Waals surface area contributed by atoms with Crippen molar-refractivity contribution < 1.29 is 14.6 Å². The summed E-state index contributed by atoms with van der Waals surface area (Å²) in [6.45, 7) is 2.00. The van der Waals surface area contributed by atoms with Crippen molar-refractivity contribution in [3.05, 3.63) is 54.5 Å². The number of carbonyl (C=O) groups is 1. The van der Waals surface area contributed by atoms with Crippen LogP contribution in [-0.4, -0.2) is 37.4 Å². The van der Waals surface area contributed by atoms with Gasteiger partial charge in [0, 0.05) is 12.3 Å². The molecule has 0 atom stereocenters. The molecule has 23 heavy (non-hydrogen) atoms. The van der Waals surface area contributed by atoms with Gasteiger partial charge in [0.2, 0.25) is 0 Å². The van der Waals surface area contributed by atoms with Crippen LogP contribution in [0.4, 0.5) is 0 Å². The average molecular weight is 310 g/mol. The molecule has 0 bridgehead atoms. The summed E-state index contributed by atoms with van der Waals surface area (Å²) in [4.78, 5) is 20.4. The van der Waals surface area contributed by atoms with Gasteiger partial charge in [0.1, 0.15) is 5.75 Å². The first-order valence-electron chi connectivity index (χ1n) is 7.03. The van der Waals surface area contributed by atoms with Crippen LogP contribution < -0.4 is 0 Å². The standard InChI is InChI=1S/C16H14N4O3/c1-2-23-16(22)13-9-14(12-7-6-11(21)10-18-12)20(19-13)15-5-3-4-8-17-15/h3-10,21H,2H2,1H3. The third-order valence-corrected chi connectivity index (χ3v) is 3.07. The highest BCUT2D eigenvalue weighted by molar-refractivity contribution is 5.88. The van der Waals surface area contributed by atoms with Crippen LogP contribution in [0, 0.1) is 0 Å². The Morgan fingerprint density at radius 2 is 2.13 bits per heavy atom. The summed E-state index contributed by atoms with van der Waals surface area (Å²) < 4.78 is 6.51. The maximum atomic E-state index is 11.9. The summed E-state index contributed by atoms with van der Waals surface area (Å²) in [6, 6.07) is 10.1. The van der Waals surface area contributed by atoms with E-state index in [-0.39, 0.29) is 18.1 Å². The van der Waals surface area contributed by atoms with Crippen molar-refractivity contribution >= 4 is 5.97 Å². The van der Waals surface area contributed by atoms with Crippen LogP contribution in [0.3, 0.4) is 0 Å². The Morgan fingerprint density at radius 3 is 2.78 bits per heavy atom. The van der Waals surface area contributed by atoms with Gasteiger partial charge in [-0.2, -0.15) is 5.10 Å². The van der Waals surface area contributed by atoms with Crippen molar-refractivity contribution in [1.82, 2.24) is 19.7 Å². The normalized spacial score (nSPS) is 10.5. The van der Waals surface area contributed by atoms with E-state index < -0.39 is 5.97 Å². The minimum absolute atomic E-state index is 0.0586.